The summed E-state index contributed by atoms with van der Waals surface area (Å²) < 4.78 is 9.78. The van der Waals surface area contributed by atoms with Crippen LogP contribution < -0.4 is 15.8 Å². The minimum absolute atomic E-state index is 0.271. The summed E-state index contributed by atoms with van der Waals surface area (Å²) in [6, 6.07) is 6.73. The number of ether oxygens (including phenoxy) is 1. The molecule has 0 saturated carbocycles. The van der Waals surface area contributed by atoms with E-state index in [1.165, 1.54) is 13.4 Å². The van der Waals surface area contributed by atoms with Crippen molar-refractivity contribution >= 4 is 11.6 Å². The lowest BCUT2D eigenvalue weighted by Crippen LogP contribution is -2.24. The van der Waals surface area contributed by atoms with E-state index >= 15 is 0 Å². The molecule has 6 heteroatoms. The van der Waals surface area contributed by atoms with Gasteiger partial charge in [-0.1, -0.05) is 11.2 Å². The molecule has 0 spiro atoms. The van der Waals surface area contributed by atoms with Gasteiger partial charge >= 0.3 is 0 Å². The molecule has 0 aliphatic heterocycles. The standard InChI is InChI=1S/C12H13N3O3/c1-17-10-4-2-3-9(13)11(10)12(16)14-7-8-5-6-18-15-8/h2-6H,7,13H2,1H3,(H,14,16). The van der Waals surface area contributed by atoms with Crippen LogP contribution in [0.25, 0.3) is 0 Å². The molecule has 0 aliphatic rings. The second-order valence-electron chi connectivity index (χ2n) is 3.60. The van der Waals surface area contributed by atoms with Gasteiger partial charge in [0.1, 0.15) is 23.3 Å². The fourth-order valence-electron chi connectivity index (χ4n) is 1.55. The number of hydrogen-bond donors (Lipinski definition) is 2. The van der Waals surface area contributed by atoms with Gasteiger partial charge in [-0.3, -0.25) is 4.79 Å². The van der Waals surface area contributed by atoms with Crippen molar-refractivity contribution in [3.05, 3.63) is 41.8 Å². The van der Waals surface area contributed by atoms with Gasteiger partial charge in [-0.25, -0.2) is 0 Å². The van der Waals surface area contributed by atoms with Crippen LogP contribution in [-0.2, 0) is 6.54 Å². The molecule has 1 amide bonds. The van der Waals surface area contributed by atoms with Crippen LogP contribution in [-0.4, -0.2) is 18.2 Å². The van der Waals surface area contributed by atoms with Crippen molar-refractivity contribution in [1.29, 1.82) is 0 Å². The summed E-state index contributed by atoms with van der Waals surface area (Å²) in [6.45, 7) is 0.271. The quantitative estimate of drug-likeness (QED) is 0.792. The van der Waals surface area contributed by atoms with E-state index in [0.29, 0.717) is 22.7 Å². The minimum atomic E-state index is -0.312. The number of rotatable bonds is 4. The predicted molar refractivity (Wildman–Crippen MR) is 65.1 cm³/mol. The molecule has 0 radical (unpaired) electrons. The number of hydrogen-bond acceptors (Lipinski definition) is 5. The molecule has 18 heavy (non-hydrogen) atoms. The highest BCUT2D eigenvalue weighted by Crippen LogP contribution is 2.23. The van der Waals surface area contributed by atoms with E-state index in [9.17, 15) is 4.79 Å². The Morgan fingerprint density at radius 2 is 2.33 bits per heavy atom. The highest BCUT2D eigenvalue weighted by molar-refractivity contribution is 6.01. The van der Waals surface area contributed by atoms with Crippen LogP contribution >= 0.6 is 0 Å². The second kappa shape index (κ2) is 5.22. The Hall–Kier alpha value is -2.50. The Bertz CT molecular complexity index is 538. The summed E-state index contributed by atoms with van der Waals surface area (Å²) in [4.78, 5) is 12.0. The first-order chi connectivity index (χ1) is 8.72. The van der Waals surface area contributed by atoms with Gasteiger partial charge in [-0.2, -0.15) is 0 Å². The van der Waals surface area contributed by atoms with Crippen LogP contribution in [0.3, 0.4) is 0 Å². The topological polar surface area (TPSA) is 90.4 Å². The number of carbonyl (C=O) groups is 1. The minimum Gasteiger partial charge on any atom is -0.496 e. The predicted octanol–water partition coefficient (Wildman–Crippen LogP) is 1.20. The van der Waals surface area contributed by atoms with Crippen molar-refractivity contribution in [2.24, 2.45) is 0 Å². The molecule has 2 rings (SSSR count). The summed E-state index contributed by atoms with van der Waals surface area (Å²) in [5.41, 5.74) is 7.10. The van der Waals surface area contributed by atoms with E-state index in [-0.39, 0.29) is 12.5 Å². The van der Waals surface area contributed by atoms with Crippen LogP contribution in [0.4, 0.5) is 5.69 Å². The number of nitrogen functional groups attached to an aromatic ring is 1. The Kier molecular flexibility index (Phi) is 3.47. The van der Waals surface area contributed by atoms with Crippen molar-refractivity contribution in [2.75, 3.05) is 12.8 Å². The molecule has 1 aromatic heterocycles. The first-order valence-electron chi connectivity index (χ1n) is 5.32. The van der Waals surface area contributed by atoms with Gasteiger partial charge < -0.3 is 20.3 Å². The van der Waals surface area contributed by atoms with Crippen LogP contribution in [0, 0.1) is 0 Å². The van der Waals surface area contributed by atoms with E-state index in [1.54, 1.807) is 24.3 Å². The van der Waals surface area contributed by atoms with Gasteiger partial charge in [0.05, 0.1) is 13.7 Å². The van der Waals surface area contributed by atoms with E-state index in [2.05, 4.69) is 15.0 Å². The average molecular weight is 247 g/mol. The van der Waals surface area contributed by atoms with Crippen molar-refractivity contribution < 1.29 is 14.1 Å². The molecule has 2 aromatic rings. The molecule has 0 atom stereocenters. The zero-order valence-corrected chi connectivity index (χ0v) is 9.84. The lowest BCUT2D eigenvalue weighted by atomic mass is 10.1. The molecule has 3 N–H and O–H groups in total. The first-order valence-corrected chi connectivity index (χ1v) is 5.32. The second-order valence-corrected chi connectivity index (χ2v) is 3.60. The zero-order valence-electron chi connectivity index (χ0n) is 9.84. The number of carbonyl (C=O) groups excluding carboxylic acids is 1. The Labute approximate surface area is 104 Å². The molecule has 94 valence electrons. The zero-order chi connectivity index (χ0) is 13.0. The molecule has 0 aliphatic carbocycles. The van der Waals surface area contributed by atoms with Crippen LogP contribution in [0.5, 0.6) is 5.75 Å². The highest BCUT2D eigenvalue weighted by atomic mass is 16.5. The molecule has 1 heterocycles. The highest BCUT2D eigenvalue weighted by Gasteiger charge is 2.15. The van der Waals surface area contributed by atoms with Gasteiger partial charge in [-0.15, -0.1) is 0 Å². The van der Waals surface area contributed by atoms with Crippen molar-refractivity contribution in [1.82, 2.24) is 10.5 Å². The van der Waals surface area contributed by atoms with E-state index in [1.807, 2.05) is 0 Å². The largest absolute Gasteiger partial charge is 0.496 e. The summed E-state index contributed by atoms with van der Waals surface area (Å²) in [6.07, 6.45) is 1.44. The SMILES string of the molecule is COc1cccc(N)c1C(=O)NCc1ccon1. The van der Waals surface area contributed by atoms with Gasteiger partial charge in [0, 0.05) is 11.8 Å². The third-order valence-corrected chi connectivity index (χ3v) is 2.43. The molecule has 6 nitrogen and oxygen atoms in total. The van der Waals surface area contributed by atoms with Gasteiger partial charge in [0.15, 0.2) is 0 Å². The molecular formula is C12H13N3O3. The number of nitrogens with zero attached hydrogens (tertiary/aromatic N) is 1. The third-order valence-electron chi connectivity index (χ3n) is 2.43. The average Bonchev–Trinajstić information content (AvgIpc) is 2.88. The summed E-state index contributed by atoms with van der Waals surface area (Å²) in [5, 5.41) is 6.39. The lowest BCUT2D eigenvalue weighted by molar-refractivity contribution is 0.0948. The lowest BCUT2D eigenvalue weighted by Gasteiger charge is -2.10. The van der Waals surface area contributed by atoms with E-state index in [4.69, 9.17) is 10.5 Å². The first kappa shape index (κ1) is 12.0. The molecular weight excluding hydrogens is 234 g/mol. The smallest absolute Gasteiger partial charge is 0.257 e. The fraction of sp³-hybridized carbons (Fsp3) is 0.167. The van der Waals surface area contributed by atoms with E-state index < -0.39 is 0 Å². The fourth-order valence-corrected chi connectivity index (χ4v) is 1.55. The summed E-state index contributed by atoms with van der Waals surface area (Å²) in [7, 11) is 1.49. The molecule has 0 fully saturated rings. The van der Waals surface area contributed by atoms with Crippen molar-refractivity contribution in [3.8, 4) is 5.75 Å². The van der Waals surface area contributed by atoms with Gasteiger partial charge in [0.2, 0.25) is 0 Å². The van der Waals surface area contributed by atoms with Crippen LogP contribution in [0.1, 0.15) is 16.1 Å². The third kappa shape index (κ3) is 2.42. The maximum atomic E-state index is 12.0. The monoisotopic (exact) mass is 247 g/mol. The Morgan fingerprint density at radius 3 is 3.00 bits per heavy atom. The van der Waals surface area contributed by atoms with E-state index in [0.717, 1.165) is 0 Å². The summed E-state index contributed by atoms with van der Waals surface area (Å²) in [5.74, 6) is 0.126. The molecule has 0 unspecified atom stereocenters. The van der Waals surface area contributed by atoms with Gasteiger partial charge in [0.25, 0.3) is 5.91 Å². The number of anilines is 1. The van der Waals surface area contributed by atoms with Crippen molar-refractivity contribution in [3.63, 3.8) is 0 Å². The number of nitrogens with one attached hydrogen (secondary N) is 1. The normalized spacial score (nSPS) is 10.1. The van der Waals surface area contributed by atoms with Gasteiger partial charge in [-0.05, 0) is 12.1 Å². The molecule has 0 saturated heterocycles. The molecule has 1 aromatic carbocycles. The number of amides is 1. The summed E-state index contributed by atoms with van der Waals surface area (Å²) >= 11 is 0. The maximum Gasteiger partial charge on any atom is 0.257 e. The molecule has 0 bridgehead atoms. The van der Waals surface area contributed by atoms with Crippen molar-refractivity contribution in [2.45, 2.75) is 6.54 Å². The number of aromatic nitrogens is 1. The van der Waals surface area contributed by atoms with Crippen LogP contribution in [0.15, 0.2) is 35.1 Å². The van der Waals surface area contributed by atoms with Crippen LogP contribution in [0.2, 0.25) is 0 Å². The Morgan fingerprint density at radius 1 is 1.50 bits per heavy atom. The number of benzene rings is 1. The number of methoxy groups -OCH3 is 1. The maximum absolute atomic E-state index is 12.0. The number of nitrogens with two attached hydrogens (primary N) is 1. The Balaban J connectivity index is 2.13.